The fraction of sp³-hybridized carbons (Fsp3) is 0.500. The van der Waals surface area contributed by atoms with Gasteiger partial charge in [0, 0.05) is 50.4 Å². The maximum Gasteiger partial charge on any atom is 0.409 e. The fourth-order valence-corrected chi connectivity index (χ4v) is 4.47. The summed E-state index contributed by atoms with van der Waals surface area (Å²) in [5, 5.41) is 15.3. The van der Waals surface area contributed by atoms with Crippen molar-refractivity contribution in [3.05, 3.63) is 48.2 Å². The number of carbonyl (C=O) groups excluding carboxylic acids is 3. The quantitative estimate of drug-likeness (QED) is 0.291. The lowest BCUT2D eigenvalue weighted by atomic mass is 10.1. The Morgan fingerprint density at radius 2 is 1.68 bits per heavy atom. The molecule has 3 N–H and O–H groups in total. The zero-order valence-electron chi connectivity index (χ0n) is 23.9. The van der Waals surface area contributed by atoms with Gasteiger partial charge in [-0.1, -0.05) is 57.0 Å². The van der Waals surface area contributed by atoms with Crippen molar-refractivity contribution >= 4 is 29.6 Å². The number of hydrogen-bond donors (Lipinski definition) is 3. The number of amides is 3. The van der Waals surface area contributed by atoms with E-state index in [0.29, 0.717) is 31.9 Å². The molecule has 11 heteroatoms. The van der Waals surface area contributed by atoms with Crippen LogP contribution in [0.4, 0.5) is 10.5 Å². The van der Waals surface area contributed by atoms with Gasteiger partial charge in [0.2, 0.25) is 5.91 Å². The van der Waals surface area contributed by atoms with Crippen LogP contribution in [0.1, 0.15) is 62.9 Å². The second-order valence-corrected chi connectivity index (χ2v) is 10.0. The van der Waals surface area contributed by atoms with Crippen LogP contribution in [0.3, 0.4) is 0 Å². The summed E-state index contributed by atoms with van der Waals surface area (Å²) in [5.74, 6) is -2.03. The molecule has 222 valence electrons. The molecular formula is C30H41N5O6. The minimum atomic E-state index is -1.07. The van der Waals surface area contributed by atoms with Crippen LogP contribution in [0.25, 0.3) is 11.3 Å². The molecule has 1 atom stereocenters. The van der Waals surface area contributed by atoms with Crippen molar-refractivity contribution < 1.29 is 29.0 Å². The van der Waals surface area contributed by atoms with Gasteiger partial charge in [-0.25, -0.2) is 9.78 Å². The number of pyridine rings is 1. The number of unbranched alkanes of at least 4 members (excludes halogenated alkanes) is 2. The number of aliphatic carboxylic acids is 1. The van der Waals surface area contributed by atoms with E-state index in [4.69, 9.17) is 4.74 Å². The number of rotatable bonds is 14. The first-order valence-corrected chi connectivity index (χ1v) is 14.4. The van der Waals surface area contributed by atoms with E-state index in [1.807, 2.05) is 43.3 Å². The monoisotopic (exact) mass is 567 g/mol. The van der Waals surface area contributed by atoms with E-state index in [2.05, 4.69) is 22.5 Å². The number of anilines is 1. The van der Waals surface area contributed by atoms with Gasteiger partial charge in [-0.15, -0.1) is 0 Å². The molecule has 0 radical (unpaired) electrons. The molecule has 2 heterocycles. The standard InChI is InChI=1S/C30H41N5O6/c1-3-5-9-19-41-30(40)35-17-15-34(16-18-35)29(39)24(12-13-27(36)37)33-28(38)26-21-23(31-14-4-2)20-25(32-26)22-10-7-6-8-11-22/h6-8,10-11,20-21,24H,3-5,9,12-19H2,1-2H3,(H,31,32)(H,33,38)(H,36,37)/t24-/m0/s1. The number of piperazine rings is 1. The zero-order chi connectivity index (χ0) is 29.6. The maximum atomic E-state index is 13.4. The SMILES string of the molecule is CCCCCOC(=O)N1CCN(C(=O)[C@H](CCC(=O)O)NC(=O)c2cc(NCCC)cc(-c3ccccc3)n2)CC1. The molecule has 41 heavy (non-hydrogen) atoms. The molecule has 2 aromatic rings. The zero-order valence-corrected chi connectivity index (χ0v) is 23.9. The molecule has 1 aromatic heterocycles. The summed E-state index contributed by atoms with van der Waals surface area (Å²) < 4.78 is 5.32. The van der Waals surface area contributed by atoms with E-state index in [0.717, 1.165) is 36.9 Å². The van der Waals surface area contributed by atoms with E-state index in [1.165, 1.54) is 0 Å². The molecule has 11 nitrogen and oxygen atoms in total. The number of hydrogen-bond acceptors (Lipinski definition) is 7. The predicted molar refractivity (Wildman–Crippen MR) is 156 cm³/mol. The topological polar surface area (TPSA) is 141 Å². The van der Waals surface area contributed by atoms with Gasteiger partial charge in [0.25, 0.3) is 5.91 Å². The smallest absolute Gasteiger partial charge is 0.409 e. The molecule has 0 unspecified atom stereocenters. The third-order valence-corrected chi connectivity index (χ3v) is 6.78. The second-order valence-electron chi connectivity index (χ2n) is 10.0. The van der Waals surface area contributed by atoms with Gasteiger partial charge in [-0.05, 0) is 31.4 Å². The van der Waals surface area contributed by atoms with Gasteiger partial charge in [-0.3, -0.25) is 14.4 Å². The van der Waals surface area contributed by atoms with Gasteiger partial charge in [0.1, 0.15) is 11.7 Å². The highest BCUT2D eigenvalue weighted by Gasteiger charge is 2.31. The van der Waals surface area contributed by atoms with E-state index >= 15 is 0 Å². The summed E-state index contributed by atoms with van der Waals surface area (Å²) in [6.45, 7) is 6.29. The van der Waals surface area contributed by atoms with Crippen LogP contribution < -0.4 is 10.6 Å². The minimum absolute atomic E-state index is 0.0705. The first-order valence-electron chi connectivity index (χ1n) is 14.4. The van der Waals surface area contributed by atoms with Crippen LogP contribution in [0.15, 0.2) is 42.5 Å². The highest BCUT2D eigenvalue weighted by Crippen LogP contribution is 2.22. The number of benzene rings is 1. The molecule has 1 aromatic carbocycles. The van der Waals surface area contributed by atoms with Crippen LogP contribution in [0.5, 0.6) is 0 Å². The van der Waals surface area contributed by atoms with E-state index in [9.17, 15) is 24.3 Å². The molecule has 0 spiro atoms. The Kier molecular flexibility index (Phi) is 12.4. The number of carbonyl (C=O) groups is 4. The molecule has 0 bridgehead atoms. The first-order chi connectivity index (χ1) is 19.8. The van der Waals surface area contributed by atoms with Crippen LogP contribution in [-0.2, 0) is 14.3 Å². The second kappa shape index (κ2) is 16.2. The summed E-state index contributed by atoms with van der Waals surface area (Å²) in [6, 6.07) is 11.9. The lowest BCUT2D eigenvalue weighted by molar-refractivity contribution is -0.138. The molecule has 0 aliphatic carbocycles. The molecule has 1 aliphatic rings. The maximum absolute atomic E-state index is 13.4. The molecule has 3 rings (SSSR count). The van der Waals surface area contributed by atoms with Crippen molar-refractivity contribution in [1.82, 2.24) is 20.1 Å². The molecule has 1 aliphatic heterocycles. The molecular weight excluding hydrogens is 526 g/mol. The third kappa shape index (κ3) is 9.77. The van der Waals surface area contributed by atoms with Gasteiger partial charge < -0.3 is 30.3 Å². The number of ether oxygens (including phenoxy) is 1. The summed E-state index contributed by atoms with van der Waals surface area (Å²) in [5.41, 5.74) is 2.27. The van der Waals surface area contributed by atoms with Crippen molar-refractivity contribution in [2.24, 2.45) is 0 Å². The van der Waals surface area contributed by atoms with Crippen LogP contribution in [-0.4, -0.2) is 89.1 Å². The number of nitrogens with zero attached hydrogens (tertiary/aromatic N) is 3. The highest BCUT2D eigenvalue weighted by atomic mass is 16.6. The Hall–Kier alpha value is -4.15. The van der Waals surface area contributed by atoms with Crippen molar-refractivity contribution in [2.75, 3.05) is 44.6 Å². The average Bonchev–Trinajstić information content (AvgIpc) is 3.00. The van der Waals surface area contributed by atoms with Gasteiger partial charge in [0.15, 0.2) is 0 Å². The lowest BCUT2D eigenvalue weighted by Crippen LogP contribution is -2.56. The Balaban J connectivity index is 1.71. The van der Waals surface area contributed by atoms with Crippen LogP contribution in [0, 0.1) is 0 Å². The van der Waals surface area contributed by atoms with Crippen molar-refractivity contribution in [2.45, 2.75) is 58.4 Å². The summed E-state index contributed by atoms with van der Waals surface area (Å²) in [4.78, 5) is 58.2. The van der Waals surface area contributed by atoms with E-state index in [-0.39, 0.29) is 37.5 Å². The molecule has 1 fully saturated rings. The lowest BCUT2D eigenvalue weighted by Gasteiger charge is -2.36. The summed E-state index contributed by atoms with van der Waals surface area (Å²) >= 11 is 0. The minimum Gasteiger partial charge on any atom is -0.481 e. The predicted octanol–water partition coefficient (Wildman–Crippen LogP) is 4.00. The Morgan fingerprint density at radius 1 is 0.976 bits per heavy atom. The van der Waals surface area contributed by atoms with Crippen molar-refractivity contribution in [3.63, 3.8) is 0 Å². The van der Waals surface area contributed by atoms with Crippen LogP contribution >= 0.6 is 0 Å². The van der Waals surface area contributed by atoms with Crippen molar-refractivity contribution in [3.8, 4) is 11.3 Å². The van der Waals surface area contributed by atoms with E-state index < -0.39 is 24.0 Å². The number of carboxylic acids is 1. The van der Waals surface area contributed by atoms with Crippen LogP contribution in [0.2, 0.25) is 0 Å². The Labute approximate surface area is 241 Å². The summed E-state index contributed by atoms with van der Waals surface area (Å²) in [6.07, 6.45) is 2.96. The van der Waals surface area contributed by atoms with Crippen molar-refractivity contribution in [1.29, 1.82) is 0 Å². The molecule has 3 amide bonds. The first kappa shape index (κ1) is 31.4. The third-order valence-electron chi connectivity index (χ3n) is 6.78. The number of carboxylic acid groups (broad SMARTS) is 1. The van der Waals surface area contributed by atoms with Gasteiger partial charge in [-0.2, -0.15) is 0 Å². The Morgan fingerprint density at radius 3 is 2.34 bits per heavy atom. The molecule has 0 saturated carbocycles. The van der Waals surface area contributed by atoms with Gasteiger partial charge >= 0.3 is 12.1 Å². The number of nitrogens with one attached hydrogen (secondary N) is 2. The normalized spacial score (nSPS) is 13.8. The van der Waals surface area contributed by atoms with E-state index in [1.54, 1.807) is 15.9 Å². The largest absolute Gasteiger partial charge is 0.481 e. The summed E-state index contributed by atoms with van der Waals surface area (Å²) in [7, 11) is 0. The number of aromatic nitrogens is 1. The molecule has 1 saturated heterocycles. The Bertz CT molecular complexity index is 1170. The highest BCUT2D eigenvalue weighted by molar-refractivity contribution is 5.97. The fourth-order valence-electron chi connectivity index (χ4n) is 4.47. The average molecular weight is 568 g/mol. The van der Waals surface area contributed by atoms with Gasteiger partial charge in [0.05, 0.1) is 12.3 Å².